The Balaban J connectivity index is 2.95. The number of methoxy groups -OCH3 is 1. The van der Waals surface area contributed by atoms with Crippen LogP contribution in [0.2, 0.25) is 0 Å². The van der Waals surface area contributed by atoms with Gasteiger partial charge in [-0.25, -0.2) is 4.79 Å². The van der Waals surface area contributed by atoms with E-state index in [1.807, 2.05) is 18.2 Å². The van der Waals surface area contributed by atoms with Gasteiger partial charge >= 0.3 is 5.97 Å². The van der Waals surface area contributed by atoms with Gasteiger partial charge in [-0.05, 0) is 11.6 Å². The summed E-state index contributed by atoms with van der Waals surface area (Å²) in [4.78, 5) is 21.6. The molecule has 0 aliphatic rings. The highest BCUT2D eigenvalue weighted by Gasteiger charge is 2.07. The van der Waals surface area contributed by atoms with Gasteiger partial charge in [0.2, 0.25) is 0 Å². The number of benzene rings is 1. The lowest BCUT2D eigenvalue weighted by atomic mass is 10.1. The Labute approximate surface area is 82.0 Å². The van der Waals surface area contributed by atoms with Gasteiger partial charge in [0, 0.05) is 0 Å². The molecule has 0 aliphatic heterocycles. The fourth-order valence-electron chi connectivity index (χ4n) is 0.988. The van der Waals surface area contributed by atoms with E-state index in [1.165, 1.54) is 13.2 Å². The molecule has 0 spiro atoms. The second-order valence-corrected chi connectivity index (χ2v) is 2.62. The topological polar surface area (TPSA) is 43.4 Å². The van der Waals surface area contributed by atoms with Crippen molar-refractivity contribution in [2.24, 2.45) is 0 Å². The van der Waals surface area contributed by atoms with Crippen molar-refractivity contribution >= 4 is 18.3 Å². The highest BCUT2D eigenvalue weighted by molar-refractivity contribution is 6.11. The minimum absolute atomic E-state index is 0.0127. The number of rotatable bonds is 3. The molecule has 0 radical (unpaired) electrons. The molecular formula is C11H10O3. The zero-order chi connectivity index (χ0) is 10.4. The quantitative estimate of drug-likeness (QED) is 0.238. The Morgan fingerprint density at radius 3 is 2.43 bits per heavy atom. The molecule has 0 bridgehead atoms. The summed E-state index contributed by atoms with van der Waals surface area (Å²) in [6.45, 7) is 0. The van der Waals surface area contributed by atoms with Crippen LogP contribution in [0.1, 0.15) is 5.56 Å². The van der Waals surface area contributed by atoms with Gasteiger partial charge in [-0.3, -0.25) is 4.79 Å². The van der Waals surface area contributed by atoms with E-state index in [9.17, 15) is 9.59 Å². The minimum atomic E-state index is -0.621. The van der Waals surface area contributed by atoms with Crippen LogP contribution in [0.15, 0.2) is 35.9 Å². The van der Waals surface area contributed by atoms with Gasteiger partial charge in [0.25, 0.3) is 0 Å². The third-order valence-electron chi connectivity index (χ3n) is 1.67. The maximum Gasteiger partial charge on any atom is 0.341 e. The molecule has 0 aromatic heterocycles. The molecule has 0 saturated heterocycles. The van der Waals surface area contributed by atoms with Crippen LogP contribution in [0.4, 0.5) is 0 Å². The first kappa shape index (κ1) is 10.2. The highest BCUT2D eigenvalue weighted by Crippen LogP contribution is 2.05. The molecule has 3 heteroatoms. The van der Waals surface area contributed by atoms with Crippen molar-refractivity contribution in [2.75, 3.05) is 7.11 Å². The van der Waals surface area contributed by atoms with Crippen molar-refractivity contribution in [1.82, 2.24) is 0 Å². The molecule has 0 unspecified atom stereocenters. The summed E-state index contributed by atoms with van der Waals surface area (Å²) in [7, 11) is 1.24. The SMILES string of the molecule is COC(=O)C(C=O)=Cc1ccccc1. The van der Waals surface area contributed by atoms with Crippen LogP contribution in [0.5, 0.6) is 0 Å². The van der Waals surface area contributed by atoms with Gasteiger partial charge in [0.15, 0.2) is 6.29 Å². The predicted octanol–water partition coefficient (Wildman–Crippen LogP) is 1.44. The molecular weight excluding hydrogens is 180 g/mol. The number of hydrogen-bond acceptors (Lipinski definition) is 3. The number of esters is 1. The van der Waals surface area contributed by atoms with Crippen molar-refractivity contribution in [3.8, 4) is 0 Å². The maximum atomic E-state index is 11.0. The predicted molar refractivity (Wildman–Crippen MR) is 52.5 cm³/mol. The summed E-state index contributed by atoms with van der Waals surface area (Å²) in [5, 5.41) is 0. The largest absolute Gasteiger partial charge is 0.465 e. The number of ether oxygens (including phenoxy) is 1. The molecule has 0 fully saturated rings. The molecule has 1 rings (SSSR count). The summed E-state index contributed by atoms with van der Waals surface area (Å²) in [6, 6.07) is 9.10. The molecule has 0 aliphatic carbocycles. The van der Waals surface area contributed by atoms with Crippen LogP contribution in [-0.2, 0) is 14.3 Å². The van der Waals surface area contributed by atoms with E-state index in [0.717, 1.165) is 5.56 Å². The van der Waals surface area contributed by atoms with E-state index < -0.39 is 5.97 Å². The molecule has 0 heterocycles. The first-order valence-electron chi connectivity index (χ1n) is 4.08. The van der Waals surface area contributed by atoms with Crippen molar-refractivity contribution in [2.45, 2.75) is 0 Å². The lowest BCUT2D eigenvalue weighted by molar-refractivity contribution is -0.136. The lowest BCUT2D eigenvalue weighted by Crippen LogP contribution is -2.05. The zero-order valence-electron chi connectivity index (χ0n) is 7.77. The number of aldehydes is 1. The fraction of sp³-hybridized carbons (Fsp3) is 0.0909. The Morgan fingerprint density at radius 2 is 1.93 bits per heavy atom. The van der Waals surface area contributed by atoms with Gasteiger partial charge in [-0.15, -0.1) is 0 Å². The van der Waals surface area contributed by atoms with Gasteiger partial charge in [0.05, 0.1) is 12.7 Å². The lowest BCUT2D eigenvalue weighted by Gasteiger charge is -1.97. The van der Waals surface area contributed by atoms with Crippen LogP contribution in [-0.4, -0.2) is 19.4 Å². The first-order valence-corrected chi connectivity index (χ1v) is 4.08. The van der Waals surface area contributed by atoms with E-state index in [-0.39, 0.29) is 5.57 Å². The Bertz CT molecular complexity index is 352. The first-order chi connectivity index (χ1) is 6.77. The smallest absolute Gasteiger partial charge is 0.341 e. The average molecular weight is 190 g/mol. The third kappa shape index (κ3) is 2.55. The summed E-state index contributed by atoms with van der Waals surface area (Å²) in [6.07, 6.45) is 1.97. The summed E-state index contributed by atoms with van der Waals surface area (Å²) in [5.41, 5.74) is 0.804. The van der Waals surface area contributed by atoms with E-state index in [2.05, 4.69) is 4.74 Å². The van der Waals surface area contributed by atoms with Crippen LogP contribution < -0.4 is 0 Å². The number of carbonyl (C=O) groups excluding carboxylic acids is 2. The van der Waals surface area contributed by atoms with E-state index in [0.29, 0.717) is 6.29 Å². The van der Waals surface area contributed by atoms with Crippen LogP contribution in [0.3, 0.4) is 0 Å². The van der Waals surface area contributed by atoms with Crippen molar-refractivity contribution in [1.29, 1.82) is 0 Å². The summed E-state index contributed by atoms with van der Waals surface area (Å²) in [5.74, 6) is -0.621. The minimum Gasteiger partial charge on any atom is -0.465 e. The Morgan fingerprint density at radius 1 is 1.29 bits per heavy atom. The van der Waals surface area contributed by atoms with Gasteiger partial charge in [-0.1, -0.05) is 30.3 Å². The van der Waals surface area contributed by atoms with Gasteiger partial charge < -0.3 is 4.74 Å². The number of carbonyl (C=O) groups is 2. The Kier molecular flexibility index (Phi) is 3.61. The van der Waals surface area contributed by atoms with Crippen LogP contribution >= 0.6 is 0 Å². The molecule has 0 saturated carbocycles. The summed E-state index contributed by atoms with van der Waals surface area (Å²) < 4.78 is 4.44. The molecule has 0 N–H and O–H groups in total. The zero-order valence-corrected chi connectivity index (χ0v) is 7.77. The monoisotopic (exact) mass is 190 g/mol. The van der Waals surface area contributed by atoms with Crippen molar-refractivity contribution in [3.05, 3.63) is 41.5 Å². The second-order valence-electron chi connectivity index (χ2n) is 2.62. The molecule has 1 aromatic carbocycles. The maximum absolute atomic E-state index is 11.0. The normalized spacial score (nSPS) is 10.8. The van der Waals surface area contributed by atoms with Gasteiger partial charge in [-0.2, -0.15) is 0 Å². The molecule has 14 heavy (non-hydrogen) atoms. The van der Waals surface area contributed by atoms with Crippen molar-refractivity contribution in [3.63, 3.8) is 0 Å². The van der Waals surface area contributed by atoms with Crippen molar-refractivity contribution < 1.29 is 14.3 Å². The van der Waals surface area contributed by atoms with Crippen LogP contribution in [0, 0.1) is 0 Å². The highest BCUT2D eigenvalue weighted by atomic mass is 16.5. The fourth-order valence-corrected chi connectivity index (χ4v) is 0.988. The number of hydrogen-bond donors (Lipinski definition) is 0. The second kappa shape index (κ2) is 4.97. The third-order valence-corrected chi connectivity index (χ3v) is 1.67. The molecule has 0 amide bonds. The van der Waals surface area contributed by atoms with E-state index in [4.69, 9.17) is 0 Å². The summed E-state index contributed by atoms with van der Waals surface area (Å²) >= 11 is 0. The molecule has 72 valence electrons. The molecule has 1 aromatic rings. The average Bonchev–Trinajstić information content (AvgIpc) is 2.26. The van der Waals surface area contributed by atoms with E-state index in [1.54, 1.807) is 12.1 Å². The Hall–Kier alpha value is -1.90. The van der Waals surface area contributed by atoms with E-state index >= 15 is 0 Å². The standard InChI is InChI=1S/C11H10O3/c1-14-11(13)10(8-12)7-9-5-3-2-4-6-9/h2-8H,1H3. The molecule has 3 nitrogen and oxygen atoms in total. The molecule has 0 atom stereocenters. The van der Waals surface area contributed by atoms with Crippen LogP contribution in [0.25, 0.3) is 6.08 Å². The van der Waals surface area contributed by atoms with Gasteiger partial charge in [0.1, 0.15) is 0 Å².